The molecule has 1 aromatic rings. The van der Waals surface area contributed by atoms with Crippen LogP contribution in [0.1, 0.15) is 80.1 Å². The predicted octanol–water partition coefficient (Wildman–Crippen LogP) is 6.32. The van der Waals surface area contributed by atoms with Crippen molar-refractivity contribution in [2.45, 2.75) is 80.1 Å². The molecule has 1 unspecified atom stereocenters. The molecule has 254 valence electrons. The van der Waals surface area contributed by atoms with Crippen molar-refractivity contribution in [2.75, 3.05) is 67.5 Å². The third-order valence-corrected chi connectivity index (χ3v) is 12.6. The molecule has 0 aromatic carbocycles. The van der Waals surface area contributed by atoms with Gasteiger partial charge >= 0.3 is 0 Å². The maximum atomic E-state index is 14.2. The maximum Gasteiger partial charge on any atom is 0.226 e. The van der Waals surface area contributed by atoms with Crippen LogP contribution in [-0.2, 0) is 9.59 Å². The number of Topliss-reactive ketones (excluding diaryl/α,β-unsaturated/α-hetero) is 1. The largest absolute Gasteiger partial charge is 0.356 e. The quantitative estimate of drug-likeness (QED) is 0.347. The van der Waals surface area contributed by atoms with Crippen LogP contribution in [0, 0.1) is 39.9 Å². The summed E-state index contributed by atoms with van der Waals surface area (Å²) in [5.41, 5.74) is 2.79. The Kier molecular flexibility index (Phi) is 8.42. The van der Waals surface area contributed by atoms with Gasteiger partial charge < -0.3 is 15.1 Å². The number of hydrogen-bond acceptors (Lipinski definition) is 8. The lowest BCUT2D eigenvalue weighted by Crippen LogP contribution is -2.51. The first-order chi connectivity index (χ1) is 22.3. The lowest BCUT2D eigenvalue weighted by Gasteiger charge is -2.52. The highest BCUT2D eigenvalue weighted by Crippen LogP contribution is 2.65. The monoisotopic (exact) mass is 640 g/mol. The molecule has 8 nitrogen and oxygen atoms in total. The van der Waals surface area contributed by atoms with E-state index in [1.54, 1.807) is 6.08 Å². The summed E-state index contributed by atoms with van der Waals surface area (Å²) in [4.78, 5) is 43.4. The molecule has 0 amide bonds. The van der Waals surface area contributed by atoms with Crippen LogP contribution in [0.5, 0.6) is 0 Å². The number of rotatable bonds is 7. The lowest BCUT2D eigenvalue weighted by atomic mass is 9.52. The Balaban J connectivity index is 1.02. The molecule has 4 fully saturated rings. The van der Waals surface area contributed by atoms with E-state index in [0.29, 0.717) is 36.0 Å². The molecule has 0 bridgehead atoms. The first-order valence-corrected chi connectivity index (χ1v) is 18.4. The number of anilines is 3. The SMILES string of the molecule is CC1C[C@H]2[C@@H]3CCC4=CC(=O)C=C[C@]4(C)C3=CC[C@]2(C)[C@H]1C(=O)CN1CCN(c2cc(N3CCCC3)nc(NCC(C)(C)C)n2)CC1. The fraction of sp³-hybridized carbons (Fsp3) is 0.692. The van der Waals surface area contributed by atoms with E-state index >= 15 is 0 Å². The summed E-state index contributed by atoms with van der Waals surface area (Å²) in [5, 5.41) is 3.51. The first-order valence-electron chi connectivity index (χ1n) is 18.4. The lowest BCUT2D eigenvalue weighted by molar-refractivity contribution is -0.129. The van der Waals surface area contributed by atoms with Crippen LogP contribution in [-0.4, -0.2) is 78.8 Å². The van der Waals surface area contributed by atoms with Crippen LogP contribution in [0.4, 0.5) is 17.6 Å². The number of hydrogen-bond donors (Lipinski definition) is 1. The molecular formula is C39H56N6O2. The number of nitrogens with one attached hydrogen (secondary N) is 1. The second-order valence-corrected chi connectivity index (χ2v) is 17.2. The third kappa shape index (κ3) is 6.08. The number of carbonyl (C=O) groups excluding carboxylic acids is 2. The Morgan fingerprint density at radius 3 is 2.38 bits per heavy atom. The molecule has 2 saturated heterocycles. The van der Waals surface area contributed by atoms with Gasteiger partial charge in [-0.1, -0.05) is 57.9 Å². The van der Waals surface area contributed by atoms with Gasteiger partial charge in [-0.3, -0.25) is 14.5 Å². The summed E-state index contributed by atoms with van der Waals surface area (Å²) >= 11 is 0. The van der Waals surface area contributed by atoms with E-state index in [2.05, 4.69) is 79.8 Å². The summed E-state index contributed by atoms with van der Waals surface area (Å²) < 4.78 is 0. The number of ketones is 2. The molecular weight excluding hydrogens is 584 g/mol. The topological polar surface area (TPSA) is 81.7 Å². The number of fused-ring (bicyclic) bond motifs is 5. The molecule has 4 aliphatic carbocycles. The molecule has 6 atom stereocenters. The molecule has 3 heterocycles. The van der Waals surface area contributed by atoms with Crippen molar-refractivity contribution >= 4 is 29.2 Å². The molecule has 2 saturated carbocycles. The van der Waals surface area contributed by atoms with Crippen molar-refractivity contribution < 1.29 is 9.59 Å². The summed E-state index contributed by atoms with van der Waals surface area (Å²) in [6, 6.07) is 2.17. The molecule has 8 heteroatoms. The van der Waals surface area contributed by atoms with E-state index in [9.17, 15) is 9.59 Å². The second-order valence-electron chi connectivity index (χ2n) is 17.2. The van der Waals surface area contributed by atoms with Crippen molar-refractivity contribution in [2.24, 2.45) is 39.9 Å². The number of carbonyl (C=O) groups is 2. The van der Waals surface area contributed by atoms with Gasteiger partial charge in [0.2, 0.25) is 5.95 Å². The molecule has 0 spiro atoms. The number of aromatic nitrogens is 2. The van der Waals surface area contributed by atoms with Crippen LogP contribution in [0.15, 0.2) is 41.5 Å². The molecule has 1 aromatic heterocycles. The van der Waals surface area contributed by atoms with Crippen LogP contribution in [0.25, 0.3) is 0 Å². The van der Waals surface area contributed by atoms with Crippen molar-refractivity contribution in [1.29, 1.82) is 0 Å². The van der Waals surface area contributed by atoms with Gasteiger partial charge in [0, 0.05) is 63.2 Å². The van der Waals surface area contributed by atoms with E-state index in [1.807, 2.05) is 6.08 Å². The highest BCUT2D eigenvalue weighted by atomic mass is 16.1. The van der Waals surface area contributed by atoms with E-state index in [0.717, 1.165) is 83.1 Å². The highest BCUT2D eigenvalue weighted by molar-refractivity contribution is 6.01. The van der Waals surface area contributed by atoms with Gasteiger partial charge in [0.1, 0.15) is 11.6 Å². The van der Waals surface area contributed by atoms with Crippen LogP contribution >= 0.6 is 0 Å². The van der Waals surface area contributed by atoms with Crippen molar-refractivity contribution in [1.82, 2.24) is 14.9 Å². The molecule has 0 radical (unpaired) electrons. The van der Waals surface area contributed by atoms with E-state index in [-0.39, 0.29) is 27.9 Å². The normalized spacial score (nSPS) is 34.0. The predicted molar refractivity (Wildman–Crippen MR) is 190 cm³/mol. The van der Waals surface area contributed by atoms with Crippen LogP contribution < -0.4 is 15.1 Å². The number of piperazine rings is 1. The Bertz CT molecular complexity index is 1490. The third-order valence-electron chi connectivity index (χ3n) is 12.6. The smallest absolute Gasteiger partial charge is 0.226 e. The van der Waals surface area contributed by atoms with Crippen molar-refractivity contribution in [3.63, 3.8) is 0 Å². The molecule has 47 heavy (non-hydrogen) atoms. The van der Waals surface area contributed by atoms with Gasteiger partial charge in [-0.15, -0.1) is 0 Å². The van der Waals surface area contributed by atoms with Gasteiger partial charge in [-0.2, -0.15) is 9.97 Å². The van der Waals surface area contributed by atoms with Crippen LogP contribution in [0.3, 0.4) is 0 Å². The zero-order chi connectivity index (χ0) is 33.1. The summed E-state index contributed by atoms with van der Waals surface area (Å²) in [6.45, 7) is 20.7. The number of nitrogens with zero attached hydrogens (tertiary/aromatic N) is 5. The zero-order valence-corrected chi connectivity index (χ0v) is 29.6. The maximum absolute atomic E-state index is 14.2. The minimum absolute atomic E-state index is 0.00164. The standard InChI is InChI=1S/C39H56N6O2/c1-26-21-31-29-10-9-27-22-28(46)11-13-38(27,5)30(29)12-14-39(31,6)35(26)32(47)24-43-17-19-45(20-18-43)34-23-33(44-15-7-8-16-44)41-36(42-34)40-25-37(2,3)4/h11-13,22-23,26,29,31,35H,7-10,14-21,24-25H2,1-6H3,(H,40,41,42)/t26?,29-,31+,35-,38+,39+/m1/s1. The minimum Gasteiger partial charge on any atom is -0.356 e. The molecule has 7 rings (SSSR count). The Morgan fingerprint density at radius 2 is 1.70 bits per heavy atom. The molecule has 2 aliphatic heterocycles. The first kappa shape index (κ1) is 32.5. The van der Waals surface area contributed by atoms with Crippen LogP contribution in [0.2, 0.25) is 0 Å². The van der Waals surface area contributed by atoms with E-state index in [4.69, 9.17) is 9.97 Å². The van der Waals surface area contributed by atoms with E-state index in [1.165, 1.54) is 24.0 Å². The van der Waals surface area contributed by atoms with E-state index < -0.39 is 0 Å². The fourth-order valence-corrected chi connectivity index (χ4v) is 10.1. The minimum atomic E-state index is -0.133. The van der Waals surface area contributed by atoms with Gasteiger partial charge in [-0.05, 0) is 86.2 Å². The second kappa shape index (κ2) is 12.2. The Hall–Kier alpha value is -3.00. The van der Waals surface area contributed by atoms with Gasteiger partial charge in [-0.25, -0.2) is 0 Å². The average Bonchev–Trinajstić information content (AvgIpc) is 3.66. The molecule has 1 N–H and O–H groups in total. The van der Waals surface area contributed by atoms with Crippen molar-refractivity contribution in [3.8, 4) is 0 Å². The summed E-state index contributed by atoms with van der Waals surface area (Å²) in [6.07, 6.45) is 14.9. The van der Waals surface area contributed by atoms with Crippen molar-refractivity contribution in [3.05, 3.63) is 41.5 Å². The molecule has 6 aliphatic rings. The highest BCUT2D eigenvalue weighted by Gasteiger charge is 2.59. The summed E-state index contributed by atoms with van der Waals surface area (Å²) in [7, 11) is 0. The number of allylic oxidation sites excluding steroid dienone is 6. The van der Waals surface area contributed by atoms with Gasteiger partial charge in [0.25, 0.3) is 0 Å². The van der Waals surface area contributed by atoms with Gasteiger partial charge in [0.15, 0.2) is 11.6 Å². The fourth-order valence-electron chi connectivity index (χ4n) is 10.1. The average molecular weight is 641 g/mol. The zero-order valence-electron chi connectivity index (χ0n) is 29.6. The Labute approximate surface area is 282 Å². The van der Waals surface area contributed by atoms with Gasteiger partial charge in [0.05, 0.1) is 6.54 Å². The summed E-state index contributed by atoms with van der Waals surface area (Å²) in [5.74, 6) is 4.80. The Morgan fingerprint density at radius 1 is 1.02 bits per heavy atom.